The zero-order valence-electron chi connectivity index (χ0n) is 18.4. The predicted molar refractivity (Wildman–Crippen MR) is 118 cm³/mol. The summed E-state index contributed by atoms with van der Waals surface area (Å²) in [6, 6.07) is 12.1. The Hall–Kier alpha value is -2.78. The molecule has 0 spiro atoms. The van der Waals surface area contributed by atoms with E-state index in [9.17, 15) is 13.2 Å². The van der Waals surface area contributed by atoms with E-state index in [1.54, 1.807) is 0 Å². The van der Waals surface area contributed by atoms with Gasteiger partial charge in [-0.05, 0) is 43.5 Å². The topological polar surface area (TPSA) is 94.2 Å². The highest BCUT2D eigenvalue weighted by Gasteiger charge is 2.24. The third-order valence-electron chi connectivity index (χ3n) is 4.65. The second kappa shape index (κ2) is 11.6. The number of aryl methyl sites for hydroxylation is 1. The molecule has 31 heavy (non-hydrogen) atoms. The molecule has 1 N–H and O–H groups in total. The Kier molecular flexibility index (Phi) is 9.14. The SMILES string of the molecule is CCOc1ccccc1CCCNC(=O)CN(C)S(=O)(=O)c1ccc(OC)c(OC)c1. The number of rotatable bonds is 12. The summed E-state index contributed by atoms with van der Waals surface area (Å²) in [5.41, 5.74) is 1.08. The molecule has 0 atom stereocenters. The molecule has 0 radical (unpaired) electrons. The molecule has 0 aromatic heterocycles. The van der Waals surface area contributed by atoms with Crippen molar-refractivity contribution in [2.75, 3.05) is 41.0 Å². The zero-order chi connectivity index (χ0) is 22.9. The molecule has 0 aliphatic heterocycles. The lowest BCUT2D eigenvalue weighted by Crippen LogP contribution is -2.38. The van der Waals surface area contributed by atoms with Gasteiger partial charge in [0.15, 0.2) is 11.5 Å². The Morgan fingerprint density at radius 3 is 2.42 bits per heavy atom. The van der Waals surface area contributed by atoms with Crippen molar-refractivity contribution in [2.45, 2.75) is 24.7 Å². The summed E-state index contributed by atoms with van der Waals surface area (Å²) >= 11 is 0. The second-order valence-electron chi connectivity index (χ2n) is 6.77. The number of hydrogen-bond acceptors (Lipinski definition) is 6. The first kappa shape index (κ1) is 24.5. The zero-order valence-corrected chi connectivity index (χ0v) is 19.2. The van der Waals surface area contributed by atoms with E-state index in [1.165, 1.54) is 39.5 Å². The number of nitrogens with zero attached hydrogens (tertiary/aromatic N) is 1. The molecule has 0 fully saturated rings. The highest BCUT2D eigenvalue weighted by Crippen LogP contribution is 2.30. The van der Waals surface area contributed by atoms with Crippen molar-refractivity contribution < 1.29 is 27.4 Å². The van der Waals surface area contributed by atoms with E-state index in [1.807, 2.05) is 31.2 Å². The minimum Gasteiger partial charge on any atom is -0.494 e. The minimum absolute atomic E-state index is 0.0213. The number of methoxy groups -OCH3 is 2. The smallest absolute Gasteiger partial charge is 0.243 e. The van der Waals surface area contributed by atoms with Crippen molar-refractivity contribution in [3.8, 4) is 17.2 Å². The summed E-state index contributed by atoms with van der Waals surface area (Å²) in [7, 11) is 0.407. The lowest BCUT2D eigenvalue weighted by atomic mass is 10.1. The van der Waals surface area contributed by atoms with Crippen LogP contribution in [0.15, 0.2) is 47.4 Å². The van der Waals surface area contributed by atoms with Gasteiger partial charge >= 0.3 is 0 Å². The number of carbonyl (C=O) groups is 1. The van der Waals surface area contributed by atoms with E-state index in [2.05, 4.69) is 5.32 Å². The summed E-state index contributed by atoms with van der Waals surface area (Å²) in [6.45, 7) is 2.67. The first-order valence-electron chi connectivity index (χ1n) is 9.99. The second-order valence-corrected chi connectivity index (χ2v) is 8.82. The van der Waals surface area contributed by atoms with Gasteiger partial charge in [0.2, 0.25) is 15.9 Å². The van der Waals surface area contributed by atoms with Crippen molar-refractivity contribution in [1.82, 2.24) is 9.62 Å². The van der Waals surface area contributed by atoms with Crippen LogP contribution < -0.4 is 19.5 Å². The number of amides is 1. The van der Waals surface area contributed by atoms with Gasteiger partial charge in [-0.2, -0.15) is 4.31 Å². The van der Waals surface area contributed by atoms with Crippen molar-refractivity contribution in [3.05, 3.63) is 48.0 Å². The molecule has 0 bridgehead atoms. The molecule has 0 heterocycles. The van der Waals surface area contributed by atoms with Crippen molar-refractivity contribution >= 4 is 15.9 Å². The number of nitrogens with one attached hydrogen (secondary N) is 1. The Bertz CT molecular complexity index is 978. The van der Waals surface area contributed by atoms with Crippen molar-refractivity contribution in [3.63, 3.8) is 0 Å². The van der Waals surface area contributed by atoms with Gasteiger partial charge in [-0.1, -0.05) is 18.2 Å². The fraction of sp³-hybridized carbons (Fsp3) is 0.409. The van der Waals surface area contributed by atoms with E-state index in [-0.39, 0.29) is 17.3 Å². The van der Waals surface area contributed by atoms with Gasteiger partial charge in [0.25, 0.3) is 0 Å². The van der Waals surface area contributed by atoms with Gasteiger partial charge in [-0.3, -0.25) is 4.79 Å². The Morgan fingerprint density at radius 1 is 1.03 bits per heavy atom. The molecule has 2 rings (SSSR count). The predicted octanol–water partition coefficient (Wildman–Crippen LogP) is 2.47. The molecule has 0 aliphatic rings. The van der Waals surface area contributed by atoms with Gasteiger partial charge in [0, 0.05) is 19.7 Å². The van der Waals surface area contributed by atoms with Gasteiger partial charge in [-0.15, -0.1) is 0 Å². The van der Waals surface area contributed by atoms with Crippen LogP contribution >= 0.6 is 0 Å². The van der Waals surface area contributed by atoms with Crippen LogP contribution in [0.3, 0.4) is 0 Å². The number of sulfonamides is 1. The fourth-order valence-corrected chi connectivity index (χ4v) is 4.16. The first-order valence-corrected chi connectivity index (χ1v) is 11.4. The molecule has 0 unspecified atom stereocenters. The van der Waals surface area contributed by atoms with Gasteiger partial charge in [0.1, 0.15) is 5.75 Å². The van der Waals surface area contributed by atoms with Crippen LogP contribution in [-0.2, 0) is 21.2 Å². The maximum absolute atomic E-state index is 12.8. The average molecular weight is 451 g/mol. The average Bonchev–Trinajstić information content (AvgIpc) is 2.77. The van der Waals surface area contributed by atoms with Gasteiger partial charge in [0.05, 0.1) is 32.3 Å². The van der Waals surface area contributed by atoms with Crippen LogP contribution in [-0.4, -0.2) is 59.6 Å². The van der Waals surface area contributed by atoms with Crippen LogP contribution in [0.4, 0.5) is 0 Å². The number of benzene rings is 2. The molecular weight excluding hydrogens is 420 g/mol. The maximum atomic E-state index is 12.8. The number of hydrogen-bond donors (Lipinski definition) is 1. The van der Waals surface area contributed by atoms with Gasteiger partial charge in [-0.25, -0.2) is 8.42 Å². The van der Waals surface area contributed by atoms with Crippen LogP contribution in [0, 0.1) is 0 Å². The third kappa shape index (κ3) is 6.60. The number of likely N-dealkylation sites (N-methyl/N-ethyl adjacent to an activating group) is 1. The molecule has 9 heteroatoms. The maximum Gasteiger partial charge on any atom is 0.243 e. The monoisotopic (exact) mass is 450 g/mol. The van der Waals surface area contributed by atoms with Crippen LogP contribution in [0.25, 0.3) is 0 Å². The molecule has 2 aromatic rings. The summed E-state index contributed by atoms with van der Waals surface area (Å²) in [4.78, 5) is 12.3. The fourth-order valence-electron chi connectivity index (χ4n) is 3.01. The summed E-state index contributed by atoms with van der Waals surface area (Å²) in [6.07, 6.45) is 1.46. The molecule has 1 amide bonds. The molecule has 0 saturated carbocycles. The van der Waals surface area contributed by atoms with Crippen LogP contribution in [0.5, 0.6) is 17.2 Å². The van der Waals surface area contributed by atoms with Crippen LogP contribution in [0.1, 0.15) is 18.9 Å². The largest absolute Gasteiger partial charge is 0.494 e. The van der Waals surface area contributed by atoms with E-state index >= 15 is 0 Å². The molecule has 2 aromatic carbocycles. The standard InChI is InChI=1S/C22H30N2O6S/c1-5-30-19-11-7-6-9-17(19)10-8-14-23-22(25)16-24(2)31(26,27)18-12-13-20(28-3)21(15-18)29-4/h6-7,9,11-13,15H,5,8,10,14,16H2,1-4H3,(H,23,25). The molecule has 0 saturated heterocycles. The Balaban J connectivity index is 1.89. The first-order chi connectivity index (χ1) is 14.8. The molecule has 170 valence electrons. The van der Waals surface area contributed by atoms with Crippen LogP contribution in [0.2, 0.25) is 0 Å². The number of para-hydroxylation sites is 1. The molecule has 8 nitrogen and oxygen atoms in total. The normalized spacial score (nSPS) is 11.3. The highest BCUT2D eigenvalue weighted by atomic mass is 32.2. The summed E-state index contributed by atoms with van der Waals surface area (Å²) < 4.78 is 42.5. The number of ether oxygens (including phenoxy) is 3. The number of carbonyl (C=O) groups excluding carboxylic acids is 1. The summed E-state index contributed by atoms with van der Waals surface area (Å²) in [5, 5.41) is 2.77. The van der Waals surface area contributed by atoms with Crippen molar-refractivity contribution in [2.24, 2.45) is 0 Å². The molecule has 0 aliphatic carbocycles. The highest BCUT2D eigenvalue weighted by molar-refractivity contribution is 7.89. The van der Waals surface area contributed by atoms with E-state index < -0.39 is 10.0 Å². The van der Waals surface area contributed by atoms with E-state index in [0.717, 1.165) is 22.0 Å². The minimum atomic E-state index is -3.86. The Labute approximate surface area is 184 Å². The lowest BCUT2D eigenvalue weighted by Gasteiger charge is -2.18. The third-order valence-corrected chi connectivity index (χ3v) is 6.45. The van der Waals surface area contributed by atoms with E-state index in [0.29, 0.717) is 31.1 Å². The lowest BCUT2D eigenvalue weighted by molar-refractivity contribution is -0.121. The van der Waals surface area contributed by atoms with Gasteiger partial charge < -0.3 is 19.5 Å². The van der Waals surface area contributed by atoms with E-state index in [4.69, 9.17) is 14.2 Å². The molecular formula is C22H30N2O6S. The Morgan fingerprint density at radius 2 is 1.74 bits per heavy atom. The summed E-state index contributed by atoms with van der Waals surface area (Å²) in [5.74, 6) is 1.20. The van der Waals surface area contributed by atoms with Crippen molar-refractivity contribution in [1.29, 1.82) is 0 Å². The quantitative estimate of drug-likeness (QED) is 0.499.